The molecule has 0 amide bonds. The topological polar surface area (TPSA) is 83.7 Å². The fourth-order valence-corrected chi connectivity index (χ4v) is 2.95. The molecule has 0 atom stereocenters. The number of nitrogens with one attached hydrogen (secondary N) is 1. The number of pyridine rings is 1. The van der Waals surface area contributed by atoms with Crippen LogP contribution in [0.3, 0.4) is 0 Å². The largest absolute Gasteiger partial charge is 0.372 e. The molecule has 0 unspecified atom stereocenters. The highest BCUT2D eigenvalue weighted by molar-refractivity contribution is 5.83. The summed E-state index contributed by atoms with van der Waals surface area (Å²) >= 11 is 0. The lowest BCUT2D eigenvalue weighted by Crippen LogP contribution is -2.29. The van der Waals surface area contributed by atoms with Crippen molar-refractivity contribution in [3.63, 3.8) is 0 Å². The van der Waals surface area contributed by atoms with Gasteiger partial charge in [0, 0.05) is 31.0 Å². The van der Waals surface area contributed by atoms with Gasteiger partial charge in [0.05, 0.1) is 11.1 Å². The summed E-state index contributed by atoms with van der Waals surface area (Å²) < 4.78 is 0. The molecule has 0 saturated carbocycles. The van der Waals surface area contributed by atoms with Crippen molar-refractivity contribution >= 4 is 23.4 Å². The van der Waals surface area contributed by atoms with Crippen molar-refractivity contribution in [3.05, 3.63) is 57.8 Å². The Labute approximate surface area is 146 Å². The van der Waals surface area contributed by atoms with Gasteiger partial charge >= 0.3 is 5.69 Å². The minimum Gasteiger partial charge on any atom is -0.372 e. The van der Waals surface area contributed by atoms with Crippen molar-refractivity contribution in [2.75, 3.05) is 23.4 Å². The normalized spacial score (nSPS) is 14.7. The van der Waals surface area contributed by atoms with Gasteiger partial charge in [-0.2, -0.15) is 5.10 Å². The van der Waals surface area contributed by atoms with E-state index < -0.39 is 4.92 Å². The van der Waals surface area contributed by atoms with Crippen LogP contribution in [0.2, 0.25) is 0 Å². The Morgan fingerprint density at radius 2 is 2.08 bits per heavy atom. The summed E-state index contributed by atoms with van der Waals surface area (Å²) in [6, 6.07) is 9.20. The van der Waals surface area contributed by atoms with Gasteiger partial charge in [0.15, 0.2) is 0 Å². The first-order valence-corrected chi connectivity index (χ1v) is 8.39. The highest BCUT2D eigenvalue weighted by Gasteiger charge is 2.13. The van der Waals surface area contributed by atoms with Crippen LogP contribution in [-0.2, 0) is 0 Å². The Balaban J connectivity index is 1.70. The van der Waals surface area contributed by atoms with Gasteiger partial charge in [0.25, 0.3) is 0 Å². The number of anilines is 2. The molecule has 1 aromatic carbocycles. The van der Waals surface area contributed by atoms with Crippen molar-refractivity contribution < 1.29 is 4.92 Å². The predicted octanol–water partition coefficient (Wildman–Crippen LogP) is 3.73. The average Bonchev–Trinajstić information content (AvgIpc) is 2.64. The fourth-order valence-electron chi connectivity index (χ4n) is 2.95. The van der Waals surface area contributed by atoms with Crippen molar-refractivity contribution in [2.45, 2.75) is 26.2 Å². The van der Waals surface area contributed by atoms with Crippen molar-refractivity contribution in [1.29, 1.82) is 0 Å². The number of rotatable bonds is 5. The minimum atomic E-state index is -0.483. The second-order valence-corrected chi connectivity index (χ2v) is 6.09. The van der Waals surface area contributed by atoms with Gasteiger partial charge in [-0.1, -0.05) is 6.07 Å². The highest BCUT2D eigenvalue weighted by Crippen LogP contribution is 2.23. The number of hydrazone groups is 1. The molecule has 2 heterocycles. The lowest BCUT2D eigenvalue weighted by molar-refractivity contribution is -0.384. The molecule has 1 aromatic heterocycles. The van der Waals surface area contributed by atoms with Crippen LogP contribution >= 0.6 is 0 Å². The molecule has 2 aromatic rings. The SMILES string of the molecule is Cc1cc(N2CCCCC2)ccc1/C=N\Nc1ncccc1[N+](=O)[O-]. The standard InChI is InChI=1S/C18H21N5O2/c1-14-12-16(22-10-3-2-4-11-22)8-7-15(14)13-20-21-18-17(23(24)25)6-5-9-19-18/h5-9,12-13H,2-4,10-11H2,1H3,(H,19,21)/b20-13-. The second-order valence-electron chi connectivity index (χ2n) is 6.09. The third kappa shape index (κ3) is 4.12. The van der Waals surface area contributed by atoms with Gasteiger partial charge in [-0.25, -0.2) is 4.98 Å². The zero-order valence-electron chi connectivity index (χ0n) is 14.2. The van der Waals surface area contributed by atoms with Crippen LogP contribution in [0.25, 0.3) is 0 Å². The van der Waals surface area contributed by atoms with Crippen LogP contribution in [0.5, 0.6) is 0 Å². The summed E-state index contributed by atoms with van der Waals surface area (Å²) in [7, 11) is 0. The van der Waals surface area contributed by atoms with Gasteiger partial charge in [0.1, 0.15) is 0 Å². The monoisotopic (exact) mass is 339 g/mol. The molecule has 130 valence electrons. The smallest absolute Gasteiger partial charge is 0.313 e. The Bertz CT molecular complexity index is 785. The summed E-state index contributed by atoms with van der Waals surface area (Å²) in [6.07, 6.45) is 6.95. The first kappa shape index (κ1) is 16.9. The molecule has 3 rings (SSSR count). The molecule has 0 radical (unpaired) electrons. The zero-order valence-corrected chi connectivity index (χ0v) is 14.2. The molecular weight excluding hydrogens is 318 g/mol. The Morgan fingerprint density at radius 1 is 1.28 bits per heavy atom. The molecule has 25 heavy (non-hydrogen) atoms. The van der Waals surface area contributed by atoms with E-state index in [0.717, 1.165) is 24.2 Å². The first-order chi connectivity index (χ1) is 12.1. The van der Waals surface area contributed by atoms with E-state index in [-0.39, 0.29) is 11.5 Å². The van der Waals surface area contributed by atoms with Crippen LogP contribution < -0.4 is 10.3 Å². The van der Waals surface area contributed by atoms with E-state index in [1.165, 1.54) is 43.3 Å². The summed E-state index contributed by atoms with van der Waals surface area (Å²) in [5, 5.41) is 15.1. The second kappa shape index (κ2) is 7.74. The fraction of sp³-hybridized carbons (Fsp3) is 0.333. The van der Waals surface area contributed by atoms with Gasteiger partial charge in [-0.15, -0.1) is 0 Å². The van der Waals surface area contributed by atoms with E-state index in [9.17, 15) is 10.1 Å². The van der Waals surface area contributed by atoms with Crippen LogP contribution in [0.1, 0.15) is 30.4 Å². The Kier molecular flexibility index (Phi) is 5.23. The van der Waals surface area contributed by atoms with E-state index in [1.54, 1.807) is 6.21 Å². The Hall–Kier alpha value is -2.96. The maximum Gasteiger partial charge on any atom is 0.313 e. The highest BCUT2D eigenvalue weighted by atomic mass is 16.6. The van der Waals surface area contributed by atoms with Crippen LogP contribution in [0.15, 0.2) is 41.6 Å². The van der Waals surface area contributed by atoms with Gasteiger partial charge in [0.2, 0.25) is 5.82 Å². The third-order valence-electron chi connectivity index (χ3n) is 4.33. The summed E-state index contributed by atoms with van der Waals surface area (Å²) in [4.78, 5) is 16.8. The van der Waals surface area contributed by atoms with E-state index in [2.05, 4.69) is 32.5 Å². The minimum absolute atomic E-state index is 0.100. The van der Waals surface area contributed by atoms with Gasteiger partial charge in [-0.3, -0.25) is 15.5 Å². The molecule has 0 aliphatic carbocycles. The predicted molar refractivity (Wildman–Crippen MR) is 99.4 cm³/mol. The zero-order chi connectivity index (χ0) is 17.6. The van der Waals surface area contributed by atoms with Crippen LogP contribution in [0.4, 0.5) is 17.2 Å². The van der Waals surface area contributed by atoms with E-state index >= 15 is 0 Å². The number of aromatic nitrogens is 1. The quantitative estimate of drug-likeness (QED) is 0.510. The van der Waals surface area contributed by atoms with Crippen molar-refractivity contribution in [3.8, 4) is 0 Å². The lowest BCUT2D eigenvalue weighted by Gasteiger charge is -2.29. The molecule has 1 aliphatic rings. The van der Waals surface area contributed by atoms with Gasteiger partial charge < -0.3 is 4.90 Å². The number of hydrogen-bond donors (Lipinski definition) is 1. The molecular formula is C18H21N5O2. The molecule has 0 bridgehead atoms. The number of piperidine rings is 1. The molecule has 0 spiro atoms. The lowest BCUT2D eigenvalue weighted by atomic mass is 10.1. The van der Waals surface area contributed by atoms with Crippen LogP contribution in [-0.4, -0.2) is 29.2 Å². The third-order valence-corrected chi connectivity index (χ3v) is 4.33. The number of aryl methyl sites for hydroxylation is 1. The molecule has 7 heteroatoms. The average molecular weight is 339 g/mol. The van der Waals surface area contributed by atoms with Crippen LogP contribution in [0, 0.1) is 17.0 Å². The first-order valence-electron chi connectivity index (χ1n) is 8.39. The summed E-state index contributed by atoms with van der Waals surface area (Å²) in [5.41, 5.74) is 5.87. The Morgan fingerprint density at radius 3 is 2.80 bits per heavy atom. The molecule has 1 fully saturated rings. The molecule has 1 N–H and O–H groups in total. The number of nitrogens with zero attached hydrogens (tertiary/aromatic N) is 4. The van der Waals surface area contributed by atoms with E-state index in [0.29, 0.717) is 0 Å². The molecule has 1 aliphatic heterocycles. The van der Waals surface area contributed by atoms with E-state index in [4.69, 9.17) is 0 Å². The number of hydrogen-bond acceptors (Lipinski definition) is 6. The molecule has 1 saturated heterocycles. The van der Waals surface area contributed by atoms with E-state index in [1.807, 2.05) is 13.0 Å². The van der Waals surface area contributed by atoms with Crippen molar-refractivity contribution in [1.82, 2.24) is 4.98 Å². The maximum absolute atomic E-state index is 11.0. The van der Waals surface area contributed by atoms with Crippen molar-refractivity contribution in [2.24, 2.45) is 5.10 Å². The summed E-state index contributed by atoms with van der Waals surface area (Å²) in [5.74, 6) is 0.131. The molecule has 7 nitrogen and oxygen atoms in total. The van der Waals surface area contributed by atoms with Gasteiger partial charge in [-0.05, 0) is 55.5 Å². The number of benzene rings is 1. The summed E-state index contributed by atoms with van der Waals surface area (Å²) in [6.45, 7) is 4.26. The number of nitro groups is 1. The maximum atomic E-state index is 11.0.